The van der Waals surface area contributed by atoms with Crippen molar-refractivity contribution < 1.29 is 0 Å². The monoisotopic (exact) mass is 65.1 g/mol. The van der Waals surface area contributed by atoms with Crippen molar-refractivity contribution >= 4 is 16.0 Å². The van der Waals surface area contributed by atoms with Gasteiger partial charge in [0.2, 0.25) is 0 Å². The van der Waals surface area contributed by atoms with Gasteiger partial charge in [-0.2, -0.15) is 0 Å². The Kier molecular flexibility index (Phi) is 2.38. The normalized spacial score (nSPS) is 9.20. The molecule has 0 aromatic carbocycles. The molecule has 0 saturated carbocycles. The minimum Gasteiger partial charge on any atom is -0.404 e. The number of nitrogens with zero attached hydrogens (tertiary/aromatic N) is 1. The molecule has 0 aliphatic rings. The maximum Gasteiger partial charge on any atom is 0.166 e. The van der Waals surface area contributed by atoms with Crippen LogP contribution >= 0.6 is 0 Å². The molecule has 0 amide bonds. The molecule has 0 aromatic rings. The fourth-order valence-corrected chi connectivity index (χ4v) is 0. The fraction of sp³-hybridized carbons (Fsp3) is 1.00. The molecule has 0 heterocycles. The Balaban J connectivity index is 2.54. The SMILES string of the molecule is [B]N([B])CC. The van der Waals surface area contributed by atoms with Crippen molar-refractivity contribution in [1.29, 1.82) is 0 Å². The van der Waals surface area contributed by atoms with Crippen LogP contribution in [-0.2, 0) is 0 Å². The highest BCUT2D eigenvalue weighted by Gasteiger charge is 1.72. The second-order valence-corrected chi connectivity index (χ2v) is 0.830. The Morgan fingerprint density at radius 1 is 1.60 bits per heavy atom. The minimum atomic E-state index is 0.694. The highest BCUT2D eigenvalue weighted by Crippen LogP contribution is 1.60. The van der Waals surface area contributed by atoms with Crippen LogP contribution in [0, 0.1) is 0 Å². The molecule has 0 bridgehead atoms. The van der Waals surface area contributed by atoms with Gasteiger partial charge in [-0.25, -0.2) is 0 Å². The van der Waals surface area contributed by atoms with Gasteiger partial charge in [-0.1, -0.05) is 6.92 Å². The lowest BCUT2D eigenvalue weighted by molar-refractivity contribution is 0.746. The molecule has 0 aliphatic heterocycles. The molecule has 0 spiro atoms. The zero-order chi connectivity index (χ0) is 4.28. The van der Waals surface area contributed by atoms with E-state index in [9.17, 15) is 0 Å². The van der Waals surface area contributed by atoms with Crippen molar-refractivity contribution in [2.24, 2.45) is 0 Å². The van der Waals surface area contributed by atoms with E-state index in [1.54, 1.807) is 0 Å². The Morgan fingerprint density at radius 3 is 1.80 bits per heavy atom. The second kappa shape index (κ2) is 2.33. The van der Waals surface area contributed by atoms with Crippen LogP contribution in [0.4, 0.5) is 0 Å². The van der Waals surface area contributed by atoms with Gasteiger partial charge in [0, 0.05) is 0 Å². The Bertz CT molecular complexity index is 21.6. The third kappa shape index (κ3) is 4.09. The predicted molar refractivity (Wildman–Crippen MR) is 23.9 cm³/mol. The topological polar surface area (TPSA) is 3.24 Å². The molecule has 4 radical (unpaired) electrons. The van der Waals surface area contributed by atoms with Crippen molar-refractivity contribution in [3.63, 3.8) is 0 Å². The number of rotatable bonds is 1. The summed E-state index contributed by atoms with van der Waals surface area (Å²) in [5.74, 6) is 0. The molecule has 0 fully saturated rings. The van der Waals surface area contributed by atoms with E-state index in [1.165, 1.54) is 0 Å². The van der Waals surface area contributed by atoms with E-state index < -0.39 is 0 Å². The van der Waals surface area contributed by atoms with Gasteiger partial charge in [0.1, 0.15) is 0 Å². The molecule has 1 nitrogen and oxygen atoms in total. The summed E-state index contributed by atoms with van der Waals surface area (Å²) >= 11 is 0. The van der Waals surface area contributed by atoms with Gasteiger partial charge in [-0.05, 0) is 6.54 Å². The molecule has 0 unspecified atom stereocenters. The standard InChI is InChI=1S/C2H5B2N/c1-2-5(3)4/h2H2,1H3. The van der Waals surface area contributed by atoms with E-state index >= 15 is 0 Å². The molecule has 3 heteroatoms. The molecule has 0 aliphatic carbocycles. The number of hydrogen-bond acceptors (Lipinski definition) is 1. The van der Waals surface area contributed by atoms with E-state index in [0.29, 0.717) is 6.54 Å². The van der Waals surface area contributed by atoms with Crippen molar-refractivity contribution in [3.8, 4) is 0 Å². The van der Waals surface area contributed by atoms with E-state index in [1.807, 2.05) is 6.92 Å². The summed E-state index contributed by atoms with van der Waals surface area (Å²) in [5.41, 5.74) is 0. The highest BCUT2D eigenvalue weighted by molar-refractivity contribution is 6.24. The summed E-state index contributed by atoms with van der Waals surface area (Å²) in [6.45, 7) is 2.57. The Morgan fingerprint density at radius 2 is 1.80 bits per heavy atom. The first-order valence-corrected chi connectivity index (χ1v) is 1.54. The molecule has 5 heavy (non-hydrogen) atoms. The lowest BCUT2D eigenvalue weighted by atomic mass is 10.2. The van der Waals surface area contributed by atoms with Crippen LogP contribution in [0.15, 0.2) is 0 Å². The van der Waals surface area contributed by atoms with E-state index in [0.717, 1.165) is 4.72 Å². The summed E-state index contributed by atoms with van der Waals surface area (Å²) in [6.07, 6.45) is 0. The second-order valence-electron chi connectivity index (χ2n) is 0.830. The van der Waals surface area contributed by atoms with E-state index in [2.05, 4.69) is 0 Å². The predicted octanol–water partition coefficient (Wildman–Crippen LogP) is -0.525. The lowest BCUT2D eigenvalue weighted by Gasteiger charge is -2.01. The molecular formula is C2H5B2N. The smallest absolute Gasteiger partial charge is 0.166 e. The molecule has 24 valence electrons. The fourth-order valence-electron chi connectivity index (χ4n) is 0. The van der Waals surface area contributed by atoms with Crippen LogP contribution in [-0.4, -0.2) is 27.2 Å². The molecule has 0 rings (SSSR count). The third-order valence-electron chi connectivity index (χ3n) is 0.365. The van der Waals surface area contributed by atoms with Crippen LogP contribution in [0.2, 0.25) is 0 Å². The summed E-state index contributed by atoms with van der Waals surface area (Å²) in [7, 11) is 9.81. The molecule has 0 saturated heterocycles. The van der Waals surface area contributed by atoms with Crippen LogP contribution in [0.25, 0.3) is 0 Å². The first kappa shape index (κ1) is 5.09. The summed E-state index contributed by atoms with van der Waals surface area (Å²) in [5, 5.41) is 0. The highest BCUT2D eigenvalue weighted by atomic mass is 14.9. The molecular weight excluding hydrogens is 59.7 g/mol. The van der Waals surface area contributed by atoms with Crippen LogP contribution in [0.1, 0.15) is 6.92 Å². The van der Waals surface area contributed by atoms with Crippen LogP contribution in [0.3, 0.4) is 0 Å². The molecule has 0 atom stereocenters. The maximum atomic E-state index is 4.90. The minimum absolute atomic E-state index is 0.694. The van der Waals surface area contributed by atoms with Gasteiger partial charge >= 0.3 is 0 Å². The van der Waals surface area contributed by atoms with Crippen LogP contribution < -0.4 is 0 Å². The quantitative estimate of drug-likeness (QED) is 0.371. The maximum absolute atomic E-state index is 4.90. The first-order valence-electron chi connectivity index (χ1n) is 1.54. The Labute approximate surface area is 35.2 Å². The molecule has 0 N–H and O–H groups in total. The molecule has 0 aromatic heterocycles. The van der Waals surface area contributed by atoms with Gasteiger partial charge in [-0.3, -0.25) is 0 Å². The van der Waals surface area contributed by atoms with Gasteiger partial charge in [0.25, 0.3) is 0 Å². The summed E-state index contributed by atoms with van der Waals surface area (Å²) in [4.78, 5) is 0. The average Bonchev–Trinajstić information content (AvgIpc) is 1.38. The van der Waals surface area contributed by atoms with Crippen molar-refractivity contribution in [1.82, 2.24) is 4.72 Å². The van der Waals surface area contributed by atoms with E-state index in [4.69, 9.17) is 16.0 Å². The average molecular weight is 64.7 g/mol. The van der Waals surface area contributed by atoms with Gasteiger partial charge in [-0.15, -0.1) is 0 Å². The van der Waals surface area contributed by atoms with Gasteiger partial charge in [0.05, 0.1) is 0 Å². The first-order chi connectivity index (χ1) is 2.27. The van der Waals surface area contributed by atoms with Crippen molar-refractivity contribution in [3.05, 3.63) is 0 Å². The van der Waals surface area contributed by atoms with Crippen LogP contribution in [0.5, 0.6) is 0 Å². The van der Waals surface area contributed by atoms with Gasteiger partial charge < -0.3 is 4.72 Å². The van der Waals surface area contributed by atoms with E-state index in [-0.39, 0.29) is 0 Å². The number of hydrogen-bond donors (Lipinski definition) is 0. The zero-order valence-electron chi connectivity index (χ0n) is 3.31. The Hall–Kier alpha value is 0.0899. The zero-order valence-corrected chi connectivity index (χ0v) is 3.31. The van der Waals surface area contributed by atoms with Crippen molar-refractivity contribution in [2.75, 3.05) is 6.54 Å². The summed E-state index contributed by atoms with van der Waals surface area (Å²) in [6, 6.07) is 0. The largest absolute Gasteiger partial charge is 0.404 e. The van der Waals surface area contributed by atoms with Gasteiger partial charge in [0.15, 0.2) is 16.0 Å². The van der Waals surface area contributed by atoms with Crippen molar-refractivity contribution in [2.45, 2.75) is 6.92 Å². The third-order valence-corrected chi connectivity index (χ3v) is 0.365. The lowest BCUT2D eigenvalue weighted by Crippen LogP contribution is -2.13. The summed E-state index contributed by atoms with van der Waals surface area (Å²) < 4.78 is 1.12.